The van der Waals surface area contributed by atoms with Crippen LogP contribution in [0.1, 0.15) is 44.8 Å². The Kier molecular flexibility index (Phi) is 9.96. The molecule has 0 aliphatic carbocycles. The van der Waals surface area contributed by atoms with Gasteiger partial charge in [0.2, 0.25) is 0 Å². The van der Waals surface area contributed by atoms with Crippen molar-refractivity contribution in [3.63, 3.8) is 0 Å². The van der Waals surface area contributed by atoms with E-state index in [9.17, 15) is 40.2 Å². The molecular weight excluding hydrogens is 628 g/mol. The highest BCUT2D eigenvalue weighted by molar-refractivity contribution is 6.09. The van der Waals surface area contributed by atoms with Crippen LogP contribution in [0.4, 0.5) is 11.6 Å². The highest BCUT2D eigenvalue weighted by atomic mass is 16.6. The molecule has 6 rings (SSSR count). The van der Waals surface area contributed by atoms with Gasteiger partial charge >= 0.3 is 0 Å². The lowest BCUT2D eigenvalue weighted by molar-refractivity contribution is -0.0509. The van der Waals surface area contributed by atoms with Crippen LogP contribution >= 0.6 is 0 Å². The highest BCUT2D eigenvalue weighted by Crippen LogP contribution is 2.36. The lowest BCUT2D eigenvalue weighted by Gasteiger charge is -2.17. The fraction of sp³-hybridized carbons (Fsp3) is 0.462. The van der Waals surface area contributed by atoms with Crippen LogP contribution in [0.25, 0.3) is 22.1 Å². The van der Waals surface area contributed by atoms with Gasteiger partial charge in [-0.05, 0) is 13.8 Å². The zero-order valence-corrected chi connectivity index (χ0v) is 25.0. The number of aromatic nitrogens is 6. The molecule has 6 heterocycles. The van der Waals surface area contributed by atoms with Crippen molar-refractivity contribution in [3.05, 3.63) is 35.2 Å². The number of carbonyl (C=O) groups is 2. The summed E-state index contributed by atoms with van der Waals surface area (Å²) in [5.41, 5.74) is 23.1. The maximum Gasteiger partial charge on any atom is 0.251 e. The number of nitrogens with two attached hydrogens (primary N) is 4. The minimum absolute atomic E-state index is 0. The minimum Gasteiger partial charge on any atom is -0.412 e. The first-order valence-corrected chi connectivity index (χ1v) is 13.8. The van der Waals surface area contributed by atoms with E-state index < -0.39 is 74.1 Å². The first-order chi connectivity index (χ1) is 21.7. The largest absolute Gasteiger partial charge is 0.412 e. The summed E-state index contributed by atoms with van der Waals surface area (Å²) in [6.07, 6.45) is -6.51. The van der Waals surface area contributed by atoms with Gasteiger partial charge in [0.1, 0.15) is 71.2 Å². The second-order valence-electron chi connectivity index (χ2n) is 10.8. The molecule has 0 unspecified atom stereocenters. The molecule has 16 N–H and O–H groups in total. The molecule has 256 valence electrons. The number of rotatable bonds is 6. The van der Waals surface area contributed by atoms with Crippen molar-refractivity contribution in [2.75, 3.05) is 24.7 Å². The second-order valence-corrected chi connectivity index (χ2v) is 10.8. The number of hydrogen-bond donors (Lipinski definition) is 10. The van der Waals surface area contributed by atoms with E-state index in [1.54, 1.807) is 13.8 Å². The first kappa shape index (κ1) is 35.3. The number of anilines is 2. The van der Waals surface area contributed by atoms with Gasteiger partial charge in [0.25, 0.3) is 11.8 Å². The fourth-order valence-electron chi connectivity index (χ4n) is 5.56. The first-order valence-electron chi connectivity index (χ1n) is 13.8. The quantitative estimate of drug-likeness (QED) is 0.0924. The normalized spacial score (nSPS) is 27.1. The van der Waals surface area contributed by atoms with Crippen LogP contribution < -0.4 is 22.9 Å². The molecule has 21 nitrogen and oxygen atoms in total. The summed E-state index contributed by atoms with van der Waals surface area (Å²) in [7, 11) is 0. The lowest BCUT2D eigenvalue weighted by Crippen LogP contribution is -2.33. The maximum absolute atomic E-state index is 11.7. The van der Waals surface area contributed by atoms with Crippen molar-refractivity contribution in [2.24, 2.45) is 11.5 Å². The highest BCUT2D eigenvalue weighted by Gasteiger charge is 2.45. The number of nitrogens with zero attached hydrogens (tertiary/aromatic N) is 6. The molecule has 0 aromatic carbocycles. The Hall–Kier alpha value is -4.58. The Morgan fingerprint density at radius 1 is 0.702 bits per heavy atom. The number of ether oxygens (including phenoxy) is 2. The summed E-state index contributed by atoms with van der Waals surface area (Å²) >= 11 is 0. The maximum atomic E-state index is 11.7. The SMILES string of the molecule is Cc1nc(N)c2c(C(N)=O)cn([C@@H]3O[C@H](CO)[C@@H](O)[C@H]3O)c2n1.Cc1nc(N)c2c(C(N)=O)cn([C@@H]3O[C@H](CO)[C@@H](O)[C@H]3O)c2n1.O. The van der Waals surface area contributed by atoms with Crippen LogP contribution in [0.5, 0.6) is 0 Å². The van der Waals surface area contributed by atoms with Crippen LogP contribution in [-0.2, 0) is 9.47 Å². The van der Waals surface area contributed by atoms with E-state index in [2.05, 4.69) is 19.9 Å². The standard InChI is InChI=1S/2C13H17N5O5.H2O/c2*1-4-16-10(14)7-5(11(15)22)2-18(12(7)17-4)13-9(21)8(20)6(3-19)23-13;/h2*2,6,8-9,13,19-21H,3H2,1H3,(H2,15,22)(H2,14,16,17);1H2/t2*6-,8-,9-,13-;/m11./s1. The third-order valence-electron chi connectivity index (χ3n) is 7.74. The zero-order chi connectivity index (χ0) is 33.8. The Morgan fingerprint density at radius 3 is 1.32 bits per heavy atom. The molecule has 0 radical (unpaired) electrons. The molecule has 2 fully saturated rings. The van der Waals surface area contributed by atoms with E-state index in [-0.39, 0.29) is 50.3 Å². The molecule has 21 heteroatoms. The Balaban J connectivity index is 0.000000208. The van der Waals surface area contributed by atoms with Crippen LogP contribution in [0.15, 0.2) is 12.4 Å². The molecule has 2 aliphatic rings. The summed E-state index contributed by atoms with van der Waals surface area (Å²) in [5, 5.41) is 59.0. The van der Waals surface area contributed by atoms with Gasteiger partial charge in [0.15, 0.2) is 12.5 Å². The smallest absolute Gasteiger partial charge is 0.251 e. The monoisotopic (exact) mass is 664 g/mol. The molecule has 0 bridgehead atoms. The lowest BCUT2D eigenvalue weighted by atomic mass is 10.1. The van der Waals surface area contributed by atoms with Gasteiger partial charge in [0.05, 0.1) is 35.1 Å². The third kappa shape index (κ3) is 6.02. The van der Waals surface area contributed by atoms with Crippen LogP contribution in [-0.4, -0.2) is 127 Å². The van der Waals surface area contributed by atoms with E-state index >= 15 is 0 Å². The number of hydrogen-bond acceptors (Lipinski definition) is 16. The zero-order valence-electron chi connectivity index (χ0n) is 25.0. The predicted molar refractivity (Wildman–Crippen MR) is 160 cm³/mol. The van der Waals surface area contributed by atoms with Crippen molar-refractivity contribution < 1.29 is 55.2 Å². The van der Waals surface area contributed by atoms with E-state index in [0.29, 0.717) is 11.6 Å². The van der Waals surface area contributed by atoms with Crippen molar-refractivity contribution in [1.29, 1.82) is 0 Å². The van der Waals surface area contributed by atoms with Crippen LogP contribution in [0.2, 0.25) is 0 Å². The molecule has 4 aromatic heterocycles. The molecule has 8 atom stereocenters. The number of aryl methyl sites for hydroxylation is 2. The van der Waals surface area contributed by atoms with E-state index in [4.69, 9.17) is 32.4 Å². The summed E-state index contributed by atoms with van der Waals surface area (Å²) in [4.78, 5) is 39.8. The van der Waals surface area contributed by atoms with E-state index in [1.165, 1.54) is 21.5 Å². The van der Waals surface area contributed by atoms with Gasteiger partial charge in [0, 0.05) is 12.4 Å². The number of aliphatic hydroxyl groups excluding tert-OH is 6. The minimum atomic E-state index is -1.32. The van der Waals surface area contributed by atoms with Gasteiger partial charge in [-0.1, -0.05) is 0 Å². The van der Waals surface area contributed by atoms with Crippen LogP contribution in [0, 0.1) is 13.8 Å². The van der Waals surface area contributed by atoms with Crippen LogP contribution in [0.3, 0.4) is 0 Å². The predicted octanol–water partition coefficient (Wildman–Crippen LogP) is -4.76. The molecule has 0 saturated carbocycles. The Labute approximate surface area is 264 Å². The molecule has 2 saturated heterocycles. The number of fused-ring (bicyclic) bond motifs is 2. The van der Waals surface area contributed by atoms with E-state index in [0.717, 1.165) is 0 Å². The van der Waals surface area contributed by atoms with E-state index in [1.807, 2.05) is 0 Å². The van der Waals surface area contributed by atoms with Crippen molar-refractivity contribution in [3.8, 4) is 0 Å². The Morgan fingerprint density at radius 2 is 1.04 bits per heavy atom. The van der Waals surface area contributed by atoms with Gasteiger partial charge in [-0.3, -0.25) is 9.59 Å². The summed E-state index contributed by atoms with van der Waals surface area (Å²) < 4.78 is 13.7. The molecule has 47 heavy (non-hydrogen) atoms. The van der Waals surface area contributed by atoms with Crippen molar-refractivity contribution >= 4 is 45.5 Å². The summed E-state index contributed by atoms with van der Waals surface area (Å²) in [6, 6.07) is 0. The third-order valence-corrected chi connectivity index (χ3v) is 7.74. The number of primary amides is 2. The summed E-state index contributed by atoms with van der Waals surface area (Å²) in [5.74, 6) is -0.605. The van der Waals surface area contributed by atoms with Crippen molar-refractivity contribution in [2.45, 2.75) is 62.9 Å². The molecule has 2 amide bonds. The topological polar surface area (TPSA) is 371 Å². The molecular formula is C26H36N10O11. The molecule has 2 aliphatic heterocycles. The number of nitrogen functional groups attached to an aromatic ring is 2. The number of carbonyl (C=O) groups excluding carboxylic acids is 2. The summed E-state index contributed by atoms with van der Waals surface area (Å²) in [6.45, 7) is 2.31. The van der Waals surface area contributed by atoms with Gasteiger partial charge in [-0.15, -0.1) is 0 Å². The van der Waals surface area contributed by atoms with Gasteiger partial charge in [-0.2, -0.15) is 0 Å². The Bertz CT molecular complexity index is 1680. The number of amides is 2. The second kappa shape index (κ2) is 13.3. The van der Waals surface area contributed by atoms with Crippen molar-refractivity contribution in [1.82, 2.24) is 29.1 Å². The number of aliphatic hydroxyl groups is 6. The average Bonchev–Trinajstić information content (AvgIpc) is 3.71. The fourth-order valence-corrected chi connectivity index (χ4v) is 5.56. The van der Waals surface area contributed by atoms with Gasteiger partial charge in [-0.25, -0.2) is 19.9 Å². The molecule has 0 spiro atoms. The molecule has 4 aromatic rings. The van der Waals surface area contributed by atoms with Gasteiger partial charge < -0.3 is 77.7 Å². The average molecular weight is 665 g/mol.